The summed E-state index contributed by atoms with van der Waals surface area (Å²) >= 11 is 0. The molecule has 1 unspecified atom stereocenters. The van der Waals surface area contributed by atoms with Crippen LogP contribution in [-0.2, 0) is 32.4 Å². The minimum Gasteiger partial charge on any atom is -0.610 e. The number of nitrogens with zero attached hydrogens (tertiary/aromatic N) is 1. The number of fused-ring (bicyclic) bond motifs is 1. The molecule has 2 rings (SSSR count). The summed E-state index contributed by atoms with van der Waals surface area (Å²) in [6.45, 7) is 4.43. The maximum atomic E-state index is 10.2. The molecule has 0 saturated carbocycles. The van der Waals surface area contributed by atoms with Crippen LogP contribution >= 0.6 is 0 Å². The number of aromatic nitrogens is 1. The minimum absolute atomic E-state index is 0. The Hall–Kier alpha value is -1.12. The fraction of sp³-hybridized carbons (Fsp3) is 0.308. The molecule has 18 heavy (non-hydrogen) atoms. The molecular formula is C13H15N2O2W-. The quantitative estimate of drug-likeness (QED) is 0.757. The number of hydrogen-bond donors (Lipinski definition) is 1. The van der Waals surface area contributed by atoms with Crippen LogP contribution in [0.1, 0.15) is 6.92 Å². The van der Waals surface area contributed by atoms with E-state index in [2.05, 4.69) is 16.8 Å². The van der Waals surface area contributed by atoms with E-state index in [0.29, 0.717) is 11.8 Å². The number of hydrogen-bond acceptors (Lipinski definition) is 3. The maximum Gasteiger partial charge on any atom is 0.170 e. The van der Waals surface area contributed by atoms with Gasteiger partial charge in [0.05, 0.1) is 0 Å². The molecular weight excluding hydrogens is 400 g/mol. The van der Waals surface area contributed by atoms with Gasteiger partial charge in [-0.3, -0.25) is 0 Å². The van der Waals surface area contributed by atoms with Gasteiger partial charge < -0.3 is 19.4 Å². The molecule has 0 aliphatic heterocycles. The van der Waals surface area contributed by atoms with Crippen LogP contribution in [0, 0.1) is 0 Å². The van der Waals surface area contributed by atoms with Crippen molar-refractivity contribution in [1.82, 2.24) is 9.88 Å². The summed E-state index contributed by atoms with van der Waals surface area (Å²) in [6, 6.07) is 7.98. The van der Waals surface area contributed by atoms with Crippen molar-refractivity contribution in [3.63, 3.8) is 0 Å². The molecule has 1 aromatic carbocycles. The van der Waals surface area contributed by atoms with Crippen molar-refractivity contribution in [3.05, 3.63) is 30.5 Å². The van der Waals surface area contributed by atoms with E-state index in [1.807, 2.05) is 31.4 Å². The topological polar surface area (TPSA) is 43.3 Å². The van der Waals surface area contributed by atoms with E-state index in [4.69, 9.17) is 4.74 Å². The molecule has 5 heteroatoms. The Labute approximate surface area is 121 Å². The van der Waals surface area contributed by atoms with Crippen molar-refractivity contribution < 1.29 is 30.6 Å². The van der Waals surface area contributed by atoms with Crippen molar-refractivity contribution in [3.8, 4) is 5.75 Å². The van der Waals surface area contributed by atoms with Gasteiger partial charge in [-0.25, -0.2) is 0 Å². The third kappa shape index (κ3) is 3.21. The summed E-state index contributed by atoms with van der Waals surface area (Å²) < 4.78 is 6.87. The molecule has 0 fully saturated rings. The van der Waals surface area contributed by atoms with E-state index in [-0.39, 0.29) is 21.1 Å². The molecule has 1 aromatic heterocycles. The smallest absolute Gasteiger partial charge is 0.170 e. The SMILES string of the molecule is CNC(C)Cn1ccc2ccc(O[C-]=O)cc21.[W]. The first-order valence-electron chi connectivity index (χ1n) is 5.54. The first kappa shape index (κ1) is 14.9. The zero-order valence-electron chi connectivity index (χ0n) is 10.3. The summed E-state index contributed by atoms with van der Waals surface area (Å²) in [5, 5.41) is 4.32. The standard InChI is InChI=1S/C13H15N2O2.W/c1-10(14-2)8-15-6-5-11-3-4-12(17-9-16)7-13(11)15;/h3-7,10,14H,8H2,1-2H3;/q-1;. The van der Waals surface area contributed by atoms with Crippen molar-refractivity contribution >= 4 is 17.4 Å². The molecule has 0 amide bonds. The molecule has 2 aromatic rings. The van der Waals surface area contributed by atoms with Crippen molar-refractivity contribution in [1.29, 1.82) is 0 Å². The van der Waals surface area contributed by atoms with Crippen LogP contribution in [0.25, 0.3) is 10.9 Å². The summed E-state index contributed by atoms with van der Waals surface area (Å²) in [5.41, 5.74) is 1.06. The third-order valence-electron chi connectivity index (χ3n) is 2.87. The molecule has 4 nitrogen and oxygen atoms in total. The monoisotopic (exact) mass is 415 g/mol. The first-order valence-corrected chi connectivity index (χ1v) is 5.54. The van der Waals surface area contributed by atoms with Gasteiger partial charge in [0.25, 0.3) is 0 Å². The fourth-order valence-electron chi connectivity index (χ4n) is 1.82. The van der Waals surface area contributed by atoms with Crippen LogP contribution in [-0.4, -0.2) is 24.1 Å². The average molecular weight is 415 g/mol. The number of ether oxygens (including phenoxy) is 1. The number of rotatable bonds is 5. The van der Waals surface area contributed by atoms with Gasteiger partial charge in [0.2, 0.25) is 0 Å². The van der Waals surface area contributed by atoms with Crippen LogP contribution < -0.4 is 10.1 Å². The third-order valence-corrected chi connectivity index (χ3v) is 2.87. The molecule has 1 heterocycles. The van der Waals surface area contributed by atoms with E-state index in [1.165, 1.54) is 6.47 Å². The average Bonchev–Trinajstić information content (AvgIpc) is 2.72. The summed E-state index contributed by atoms with van der Waals surface area (Å²) in [6.07, 6.45) is 2.03. The van der Waals surface area contributed by atoms with Crippen molar-refractivity contribution in [2.45, 2.75) is 19.5 Å². The first-order chi connectivity index (χ1) is 8.24. The van der Waals surface area contributed by atoms with Gasteiger partial charge in [0, 0.05) is 45.4 Å². The molecule has 96 valence electrons. The predicted octanol–water partition coefficient (Wildman–Crippen LogP) is 1.69. The van der Waals surface area contributed by atoms with Crippen LogP contribution in [0.5, 0.6) is 5.75 Å². The fourth-order valence-corrected chi connectivity index (χ4v) is 1.82. The van der Waals surface area contributed by atoms with E-state index < -0.39 is 0 Å². The molecule has 0 bridgehead atoms. The van der Waals surface area contributed by atoms with Gasteiger partial charge >= 0.3 is 0 Å². The molecule has 0 aliphatic carbocycles. The Balaban J connectivity index is 0.00000162. The number of carbonyl (C=O) groups excluding carboxylic acids is 1. The van der Waals surface area contributed by atoms with Gasteiger partial charge in [-0.2, -0.15) is 0 Å². The number of nitrogens with one attached hydrogen (secondary N) is 1. The van der Waals surface area contributed by atoms with Gasteiger partial charge in [-0.05, 0) is 31.2 Å². The van der Waals surface area contributed by atoms with Crippen LogP contribution in [0.4, 0.5) is 0 Å². The van der Waals surface area contributed by atoms with E-state index >= 15 is 0 Å². The van der Waals surface area contributed by atoms with Crippen molar-refractivity contribution in [2.75, 3.05) is 7.05 Å². The zero-order chi connectivity index (χ0) is 12.3. The van der Waals surface area contributed by atoms with Gasteiger partial charge in [0.1, 0.15) is 0 Å². The largest absolute Gasteiger partial charge is 0.610 e. The normalized spacial score (nSPS) is 11.9. The molecule has 1 atom stereocenters. The van der Waals surface area contributed by atoms with Gasteiger partial charge in [0.15, 0.2) is 6.47 Å². The molecule has 1 N–H and O–H groups in total. The van der Waals surface area contributed by atoms with E-state index in [9.17, 15) is 4.79 Å². The predicted molar refractivity (Wildman–Crippen MR) is 66.8 cm³/mol. The Morgan fingerprint density at radius 3 is 2.89 bits per heavy atom. The Morgan fingerprint density at radius 1 is 1.44 bits per heavy atom. The molecule has 0 saturated heterocycles. The molecule has 0 spiro atoms. The summed E-state index contributed by atoms with van der Waals surface area (Å²) in [4.78, 5) is 10.2. The second-order valence-corrected chi connectivity index (χ2v) is 4.06. The van der Waals surface area contributed by atoms with E-state index in [0.717, 1.165) is 17.4 Å². The van der Waals surface area contributed by atoms with Gasteiger partial charge in [-0.1, -0.05) is 12.1 Å². The second kappa shape index (κ2) is 6.72. The Bertz CT molecular complexity index is 525. The maximum absolute atomic E-state index is 10.2. The van der Waals surface area contributed by atoms with Crippen LogP contribution in [0.3, 0.4) is 0 Å². The summed E-state index contributed by atoms with van der Waals surface area (Å²) in [5.74, 6) is 0.518. The van der Waals surface area contributed by atoms with E-state index in [1.54, 1.807) is 6.07 Å². The Morgan fingerprint density at radius 2 is 2.22 bits per heavy atom. The zero-order valence-corrected chi connectivity index (χ0v) is 13.3. The van der Waals surface area contributed by atoms with Crippen molar-refractivity contribution in [2.24, 2.45) is 0 Å². The van der Waals surface area contributed by atoms with Gasteiger partial charge in [-0.15, -0.1) is 6.07 Å². The summed E-state index contributed by atoms with van der Waals surface area (Å²) in [7, 11) is 1.94. The number of likely N-dealkylation sites (N-methyl/N-ethyl adjacent to an activating group) is 1. The molecule has 0 aliphatic rings. The minimum atomic E-state index is 0. The molecule has 0 radical (unpaired) electrons. The number of benzene rings is 1. The second-order valence-electron chi connectivity index (χ2n) is 4.06. The van der Waals surface area contributed by atoms with Crippen LogP contribution in [0.15, 0.2) is 30.5 Å². The van der Waals surface area contributed by atoms with Crippen LogP contribution in [0.2, 0.25) is 0 Å². The Kier molecular flexibility index (Phi) is 5.57.